The topological polar surface area (TPSA) is 166 Å². The summed E-state index contributed by atoms with van der Waals surface area (Å²) in [5.41, 5.74) is 12.9. The van der Waals surface area contributed by atoms with Crippen LogP contribution in [-0.2, 0) is 12.3 Å². The Bertz CT molecular complexity index is 1310. The average Bonchev–Trinajstić information content (AvgIpc) is 3.45. The highest BCUT2D eigenvalue weighted by Crippen LogP contribution is 2.21. The molecule has 3 aromatic rings. The van der Waals surface area contributed by atoms with E-state index in [1.165, 1.54) is 16.9 Å². The molecule has 0 saturated heterocycles. The van der Waals surface area contributed by atoms with Crippen molar-refractivity contribution < 1.29 is 4.74 Å². The summed E-state index contributed by atoms with van der Waals surface area (Å²) in [5, 5.41) is 17.4. The van der Waals surface area contributed by atoms with Crippen LogP contribution in [-0.4, -0.2) is 79.4 Å². The van der Waals surface area contributed by atoms with Crippen LogP contribution < -0.4 is 31.7 Å². The highest BCUT2D eigenvalue weighted by Gasteiger charge is 2.10. The van der Waals surface area contributed by atoms with Gasteiger partial charge in [0.1, 0.15) is 11.6 Å². The number of aliphatic imine (C=N–C) groups is 2. The number of nitriles is 1. The van der Waals surface area contributed by atoms with Gasteiger partial charge in [0.15, 0.2) is 12.2 Å². The Morgan fingerprint density at radius 3 is 2.70 bits per heavy atom. The number of hydrogen-bond donors (Lipinski definition) is 4. The van der Waals surface area contributed by atoms with E-state index in [9.17, 15) is 0 Å². The van der Waals surface area contributed by atoms with E-state index < -0.39 is 0 Å². The van der Waals surface area contributed by atoms with Gasteiger partial charge < -0.3 is 31.3 Å². The number of nitrogens with one attached hydrogen (secondary N) is 2. The molecule has 0 aliphatic carbocycles. The van der Waals surface area contributed by atoms with Crippen LogP contribution in [0.25, 0.3) is 0 Å². The third-order valence-corrected chi connectivity index (χ3v) is 7.98. The molecule has 0 aliphatic rings. The first-order valence-electron chi connectivity index (χ1n) is 14.0. The smallest absolute Gasteiger partial charge is 0.212 e. The van der Waals surface area contributed by atoms with E-state index in [-0.39, 0.29) is 5.96 Å². The minimum atomic E-state index is 0.00575. The second-order valence-electron chi connectivity index (χ2n) is 9.57. The van der Waals surface area contributed by atoms with Gasteiger partial charge in [0.05, 0.1) is 12.8 Å². The predicted octanol–water partition coefficient (Wildman–Crippen LogP) is 3.12. The molecule has 230 valence electrons. The van der Waals surface area contributed by atoms with Crippen molar-refractivity contribution in [2.24, 2.45) is 21.5 Å². The molecular formula is C29H41N11OS2. The van der Waals surface area contributed by atoms with Gasteiger partial charge in [-0.15, -0.1) is 11.3 Å². The van der Waals surface area contributed by atoms with Gasteiger partial charge in [-0.2, -0.15) is 22.0 Å². The zero-order valence-corrected chi connectivity index (χ0v) is 26.4. The first-order valence-corrected chi connectivity index (χ1v) is 16.0. The van der Waals surface area contributed by atoms with Gasteiger partial charge in [-0.3, -0.25) is 10.3 Å². The van der Waals surface area contributed by atoms with E-state index in [0.717, 1.165) is 67.8 Å². The number of unbranched alkanes of at least 4 members (excludes halogenated alkanes) is 1. The molecule has 0 amide bonds. The highest BCUT2D eigenvalue weighted by molar-refractivity contribution is 7.98. The molecule has 1 aromatic carbocycles. The fraction of sp³-hybridized carbons (Fsp3) is 0.414. The van der Waals surface area contributed by atoms with Gasteiger partial charge in [0.2, 0.25) is 11.1 Å². The molecule has 0 saturated carbocycles. The van der Waals surface area contributed by atoms with Crippen molar-refractivity contribution in [3.05, 3.63) is 65.3 Å². The van der Waals surface area contributed by atoms with E-state index in [1.54, 1.807) is 18.9 Å². The summed E-state index contributed by atoms with van der Waals surface area (Å²) in [5.74, 6) is 3.91. The molecule has 3 rings (SSSR count). The Morgan fingerprint density at radius 1 is 1.14 bits per heavy atom. The molecule has 0 radical (unpaired) electrons. The van der Waals surface area contributed by atoms with Crippen molar-refractivity contribution in [3.8, 4) is 11.9 Å². The number of anilines is 1. The number of thioether (sulfide) groups is 1. The molecule has 6 N–H and O–H groups in total. The largest absolute Gasteiger partial charge is 0.497 e. The zero-order valence-electron chi connectivity index (χ0n) is 24.8. The van der Waals surface area contributed by atoms with Gasteiger partial charge in [0, 0.05) is 55.8 Å². The monoisotopic (exact) mass is 623 g/mol. The Labute approximate surface area is 262 Å². The van der Waals surface area contributed by atoms with Crippen LogP contribution in [0.15, 0.2) is 64.0 Å². The Morgan fingerprint density at radius 2 is 1.98 bits per heavy atom. The number of likely N-dealkylation sites (N-methyl/N-ethyl adjacent to an activating group) is 1. The molecule has 43 heavy (non-hydrogen) atoms. The Kier molecular flexibility index (Phi) is 14.9. The van der Waals surface area contributed by atoms with Crippen LogP contribution in [0.4, 0.5) is 10.9 Å². The maximum atomic E-state index is 9.09. The van der Waals surface area contributed by atoms with Crippen molar-refractivity contribution in [2.75, 3.05) is 57.5 Å². The van der Waals surface area contributed by atoms with E-state index in [4.69, 9.17) is 21.5 Å². The zero-order chi connectivity index (χ0) is 30.7. The van der Waals surface area contributed by atoms with Gasteiger partial charge >= 0.3 is 0 Å². The lowest BCUT2D eigenvalue weighted by molar-refractivity contribution is 0.331. The molecule has 12 nitrogen and oxygen atoms in total. The lowest BCUT2D eigenvalue weighted by Crippen LogP contribution is -2.36. The summed E-state index contributed by atoms with van der Waals surface area (Å²) in [4.78, 5) is 22.1. The van der Waals surface area contributed by atoms with Crippen molar-refractivity contribution in [1.82, 2.24) is 25.5 Å². The number of guanidine groups is 2. The molecule has 0 aliphatic heterocycles. The van der Waals surface area contributed by atoms with Gasteiger partial charge in [0.25, 0.3) is 0 Å². The van der Waals surface area contributed by atoms with Gasteiger partial charge in [-0.05, 0) is 56.3 Å². The minimum Gasteiger partial charge on any atom is -0.497 e. The lowest BCUT2D eigenvalue weighted by atomic mass is 10.2. The number of thiazole rings is 1. The third kappa shape index (κ3) is 13.2. The Balaban J connectivity index is 1.34. The molecule has 0 unspecified atom stereocenters. The number of ether oxygens (including phenoxy) is 1. The van der Waals surface area contributed by atoms with Crippen LogP contribution in [0, 0.1) is 11.5 Å². The first-order chi connectivity index (χ1) is 21.0. The number of aromatic nitrogens is 2. The molecule has 0 bridgehead atoms. The maximum absolute atomic E-state index is 9.09. The third-order valence-electron chi connectivity index (χ3n) is 6.20. The summed E-state index contributed by atoms with van der Waals surface area (Å²) in [6.07, 6.45) is 5.72. The van der Waals surface area contributed by atoms with Crippen molar-refractivity contribution in [1.29, 1.82) is 5.26 Å². The molecule has 0 spiro atoms. The summed E-state index contributed by atoms with van der Waals surface area (Å²) in [6, 6.07) is 14.2. The average molecular weight is 624 g/mol. The summed E-state index contributed by atoms with van der Waals surface area (Å²) < 4.78 is 5.29. The van der Waals surface area contributed by atoms with Crippen molar-refractivity contribution in [3.63, 3.8) is 0 Å². The number of pyridine rings is 1. The second-order valence-corrected chi connectivity index (χ2v) is 11.5. The normalized spacial score (nSPS) is 11.2. The fourth-order valence-corrected chi connectivity index (χ4v) is 5.55. The second kappa shape index (κ2) is 19.2. The van der Waals surface area contributed by atoms with Crippen LogP contribution in [0.5, 0.6) is 5.75 Å². The van der Waals surface area contributed by atoms with E-state index in [2.05, 4.69) is 59.6 Å². The van der Waals surface area contributed by atoms with Gasteiger partial charge in [-0.25, -0.2) is 9.97 Å². The summed E-state index contributed by atoms with van der Waals surface area (Å²) >= 11 is 3.14. The predicted molar refractivity (Wildman–Crippen MR) is 178 cm³/mol. The summed E-state index contributed by atoms with van der Waals surface area (Å²) in [7, 11) is 3.82. The van der Waals surface area contributed by atoms with E-state index >= 15 is 0 Å². The SMILES string of the molecule is COc1ccc(CN(CCN(C)CCCCN=C(NC#N)NCCSCc2csc(N=C(N)N)n2)c2ccccn2)cc1. The number of hydrogen-bond acceptors (Lipinski definition) is 10. The van der Waals surface area contributed by atoms with E-state index in [0.29, 0.717) is 24.2 Å². The van der Waals surface area contributed by atoms with E-state index in [1.807, 2.05) is 48.1 Å². The van der Waals surface area contributed by atoms with Crippen LogP contribution >= 0.6 is 23.1 Å². The van der Waals surface area contributed by atoms with Crippen LogP contribution in [0.3, 0.4) is 0 Å². The number of methoxy groups -OCH3 is 1. The van der Waals surface area contributed by atoms with Crippen molar-refractivity contribution >= 4 is 46.0 Å². The molecule has 2 heterocycles. The number of rotatable bonds is 18. The quantitative estimate of drug-likeness (QED) is 0.0541. The minimum absolute atomic E-state index is 0.00575. The number of nitrogens with two attached hydrogens (primary N) is 2. The highest BCUT2D eigenvalue weighted by atomic mass is 32.2. The molecule has 14 heteroatoms. The number of nitrogens with zero attached hydrogens (tertiary/aromatic N) is 7. The lowest BCUT2D eigenvalue weighted by Gasteiger charge is -2.27. The standard InChI is InChI=1S/C29H41N11OS2/c1-39(16-17-40(26-7-3-4-12-33-26)19-23-8-10-25(41-2)11-9-23)15-6-5-13-34-28(36-22-30)35-14-18-42-20-24-21-43-29(37-24)38-27(31)32/h3-4,7-12,21H,5-6,13-20H2,1-2H3,(H2,34,35,36)(H4,31,32,37,38). The molecular weight excluding hydrogens is 583 g/mol. The molecule has 2 aromatic heterocycles. The fourth-order valence-electron chi connectivity index (χ4n) is 3.99. The van der Waals surface area contributed by atoms with Crippen LogP contribution in [0.1, 0.15) is 24.1 Å². The van der Waals surface area contributed by atoms with Gasteiger partial charge in [-0.1, -0.05) is 18.2 Å². The summed E-state index contributed by atoms with van der Waals surface area (Å²) in [6.45, 7) is 4.81. The molecule has 0 fully saturated rings. The maximum Gasteiger partial charge on any atom is 0.212 e. The molecule has 0 atom stereocenters. The Hall–Kier alpha value is -4.06. The first kappa shape index (κ1) is 33.4. The van der Waals surface area contributed by atoms with Crippen LogP contribution in [0.2, 0.25) is 0 Å². The van der Waals surface area contributed by atoms with Crippen molar-refractivity contribution in [2.45, 2.75) is 25.1 Å². The number of benzene rings is 1.